The monoisotopic (exact) mass is 436 g/mol. The lowest BCUT2D eigenvalue weighted by molar-refractivity contribution is -0.122. The van der Waals surface area contributed by atoms with E-state index in [1.165, 1.54) is 0 Å². The first-order valence-electron chi connectivity index (χ1n) is 10.1. The predicted molar refractivity (Wildman–Crippen MR) is 121 cm³/mol. The van der Waals surface area contributed by atoms with Gasteiger partial charge in [0.1, 0.15) is 12.4 Å². The Labute approximate surface area is 185 Å². The normalized spacial score (nSPS) is 15.8. The van der Waals surface area contributed by atoms with Gasteiger partial charge >= 0.3 is 0 Å². The van der Waals surface area contributed by atoms with Crippen molar-refractivity contribution in [2.75, 3.05) is 29.6 Å². The molecule has 0 aliphatic carbocycles. The van der Waals surface area contributed by atoms with Crippen molar-refractivity contribution >= 4 is 35.0 Å². The Hall–Kier alpha value is -3.26. The van der Waals surface area contributed by atoms with Gasteiger partial charge in [0.25, 0.3) is 0 Å². The predicted octanol–water partition coefficient (Wildman–Crippen LogP) is 3.68. The number of nitrogens with one attached hydrogen (secondary N) is 1. The van der Waals surface area contributed by atoms with Crippen LogP contribution in [-0.2, 0) is 16.1 Å². The molecule has 0 unspecified atom stereocenters. The first kappa shape index (κ1) is 21.0. The quantitative estimate of drug-likeness (QED) is 0.545. The van der Waals surface area contributed by atoms with Crippen molar-refractivity contribution in [2.45, 2.75) is 17.9 Å². The molecule has 1 aliphatic heterocycles. The third-order valence-electron chi connectivity index (χ3n) is 5.16. The largest absolute Gasteiger partial charge is 0.492 e. The minimum Gasteiger partial charge on any atom is -0.492 e. The molecule has 0 radical (unpaired) electrons. The zero-order valence-corrected chi connectivity index (χ0v) is 18.0. The molecular formula is C23H24N4O3S. The Kier molecular flexibility index (Phi) is 6.57. The van der Waals surface area contributed by atoms with E-state index >= 15 is 0 Å². The number of carbonyl (C=O) groups excluding carboxylic acids is 2. The van der Waals surface area contributed by atoms with Crippen molar-refractivity contribution < 1.29 is 14.3 Å². The van der Waals surface area contributed by atoms with Gasteiger partial charge in [-0.05, 0) is 42.7 Å². The lowest BCUT2D eigenvalue weighted by atomic mass is 10.1. The van der Waals surface area contributed by atoms with Crippen LogP contribution in [0.3, 0.4) is 0 Å². The van der Waals surface area contributed by atoms with Gasteiger partial charge in [-0.3, -0.25) is 9.59 Å². The fraction of sp³-hybridized carbons (Fsp3) is 0.261. The summed E-state index contributed by atoms with van der Waals surface area (Å²) >= 11 is 1.65. The average Bonchev–Trinajstić information content (AvgIpc) is 3.44. The summed E-state index contributed by atoms with van der Waals surface area (Å²) < 4.78 is 7.71. The summed E-state index contributed by atoms with van der Waals surface area (Å²) in [6.45, 7) is 1.56. The zero-order valence-electron chi connectivity index (χ0n) is 17.2. The van der Waals surface area contributed by atoms with Gasteiger partial charge in [-0.25, -0.2) is 4.98 Å². The minimum atomic E-state index is -0.390. The number of imidazole rings is 1. The fourth-order valence-electron chi connectivity index (χ4n) is 3.49. The Morgan fingerprint density at radius 2 is 2.10 bits per heavy atom. The molecule has 0 bridgehead atoms. The first-order valence-corrected chi connectivity index (χ1v) is 11.3. The van der Waals surface area contributed by atoms with Gasteiger partial charge in [-0.1, -0.05) is 6.07 Å². The summed E-state index contributed by atoms with van der Waals surface area (Å²) in [7, 11) is 0. The Bertz CT molecular complexity index is 1040. The molecule has 3 aromatic rings. The maximum Gasteiger partial charge on any atom is 0.229 e. The van der Waals surface area contributed by atoms with E-state index in [9.17, 15) is 9.59 Å². The number of rotatable bonds is 8. The smallest absolute Gasteiger partial charge is 0.229 e. The topological polar surface area (TPSA) is 76.5 Å². The molecule has 1 aromatic heterocycles. The van der Waals surface area contributed by atoms with Gasteiger partial charge in [0.05, 0.1) is 18.8 Å². The van der Waals surface area contributed by atoms with E-state index < -0.39 is 5.92 Å². The summed E-state index contributed by atoms with van der Waals surface area (Å²) in [6, 6.07) is 15.1. The van der Waals surface area contributed by atoms with Crippen LogP contribution < -0.4 is 15.0 Å². The first-order chi connectivity index (χ1) is 15.1. The lowest BCUT2D eigenvalue weighted by Gasteiger charge is -2.17. The van der Waals surface area contributed by atoms with E-state index in [0.29, 0.717) is 31.1 Å². The summed E-state index contributed by atoms with van der Waals surface area (Å²) in [5.74, 6) is 0.0928. The van der Waals surface area contributed by atoms with Gasteiger partial charge in [0.2, 0.25) is 11.8 Å². The number of hydrogen-bond acceptors (Lipinski definition) is 5. The van der Waals surface area contributed by atoms with Crippen LogP contribution >= 0.6 is 11.8 Å². The second-order valence-corrected chi connectivity index (χ2v) is 8.15. The van der Waals surface area contributed by atoms with Gasteiger partial charge in [0.15, 0.2) is 0 Å². The van der Waals surface area contributed by atoms with Crippen molar-refractivity contribution in [3.05, 3.63) is 67.3 Å². The fourth-order valence-corrected chi connectivity index (χ4v) is 3.90. The highest BCUT2D eigenvalue weighted by Gasteiger charge is 2.35. The minimum absolute atomic E-state index is 0.0337. The highest BCUT2D eigenvalue weighted by molar-refractivity contribution is 7.98. The number of hydrogen-bond donors (Lipinski definition) is 1. The molecule has 1 atom stereocenters. The number of amides is 2. The Morgan fingerprint density at radius 3 is 2.84 bits per heavy atom. The Morgan fingerprint density at radius 1 is 1.26 bits per heavy atom. The van der Waals surface area contributed by atoms with Gasteiger partial charge in [0, 0.05) is 47.7 Å². The molecular weight excluding hydrogens is 412 g/mol. The van der Waals surface area contributed by atoms with Crippen LogP contribution in [0, 0.1) is 5.92 Å². The molecule has 1 fully saturated rings. The van der Waals surface area contributed by atoms with E-state index in [1.807, 2.05) is 59.5 Å². The molecule has 31 heavy (non-hydrogen) atoms. The van der Waals surface area contributed by atoms with E-state index in [-0.39, 0.29) is 18.2 Å². The molecule has 2 aromatic carbocycles. The number of nitrogens with zero attached hydrogens (tertiary/aromatic N) is 3. The summed E-state index contributed by atoms with van der Waals surface area (Å²) in [4.78, 5) is 32.1. The van der Waals surface area contributed by atoms with Crippen LogP contribution in [0.4, 0.5) is 11.4 Å². The van der Waals surface area contributed by atoms with Gasteiger partial charge in [-0.2, -0.15) is 0 Å². The number of carbonyl (C=O) groups is 2. The van der Waals surface area contributed by atoms with Crippen molar-refractivity contribution in [3.8, 4) is 5.75 Å². The van der Waals surface area contributed by atoms with E-state index in [1.54, 1.807) is 35.3 Å². The highest BCUT2D eigenvalue weighted by Crippen LogP contribution is 2.28. The van der Waals surface area contributed by atoms with Crippen LogP contribution in [0.15, 0.2) is 72.1 Å². The molecule has 1 saturated heterocycles. The molecule has 0 spiro atoms. The number of ether oxygens (including phenoxy) is 1. The number of benzene rings is 2. The third-order valence-corrected chi connectivity index (χ3v) is 5.90. The zero-order chi connectivity index (χ0) is 21.6. The van der Waals surface area contributed by atoms with Crippen molar-refractivity contribution in [1.82, 2.24) is 9.55 Å². The molecule has 8 heteroatoms. The van der Waals surface area contributed by atoms with Crippen molar-refractivity contribution in [1.29, 1.82) is 0 Å². The number of thioether (sulfide) groups is 1. The molecule has 4 rings (SSSR count). The van der Waals surface area contributed by atoms with Crippen LogP contribution in [0.5, 0.6) is 5.75 Å². The third kappa shape index (κ3) is 5.27. The van der Waals surface area contributed by atoms with Crippen molar-refractivity contribution in [2.24, 2.45) is 5.92 Å². The average molecular weight is 437 g/mol. The van der Waals surface area contributed by atoms with Crippen LogP contribution in [0.2, 0.25) is 0 Å². The van der Waals surface area contributed by atoms with E-state index in [2.05, 4.69) is 10.3 Å². The highest BCUT2D eigenvalue weighted by atomic mass is 32.2. The Balaban J connectivity index is 1.33. The summed E-state index contributed by atoms with van der Waals surface area (Å²) in [5, 5.41) is 2.92. The van der Waals surface area contributed by atoms with Crippen molar-refractivity contribution in [3.63, 3.8) is 0 Å². The molecule has 1 N–H and O–H groups in total. The van der Waals surface area contributed by atoms with Gasteiger partial charge < -0.3 is 19.5 Å². The molecule has 2 heterocycles. The van der Waals surface area contributed by atoms with Crippen LogP contribution in [0.1, 0.15) is 6.42 Å². The lowest BCUT2D eigenvalue weighted by Crippen LogP contribution is -2.28. The standard InChI is InChI=1S/C23H24N4O3S/c1-31-21-7-5-19(6-8-21)27-15-17(13-22(27)28)23(29)25-18-3-2-4-20(14-18)30-12-11-26-10-9-24-16-26/h2-10,14,16-17H,11-13,15H2,1H3,(H,25,29)/t17-/m0/s1. The molecule has 1 aliphatic rings. The maximum atomic E-state index is 12.8. The van der Waals surface area contributed by atoms with Crippen LogP contribution in [-0.4, -0.2) is 40.8 Å². The number of anilines is 2. The maximum absolute atomic E-state index is 12.8. The molecule has 2 amide bonds. The van der Waals surface area contributed by atoms with Gasteiger partial charge in [-0.15, -0.1) is 11.8 Å². The second-order valence-electron chi connectivity index (χ2n) is 7.27. The number of aromatic nitrogens is 2. The van der Waals surface area contributed by atoms with Crippen LogP contribution in [0.25, 0.3) is 0 Å². The molecule has 160 valence electrons. The SMILES string of the molecule is CSc1ccc(N2C[C@@H](C(=O)Nc3cccc(OCCn4ccnc4)c3)CC2=O)cc1. The van der Waals surface area contributed by atoms with E-state index in [0.717, 1.165) is 10.6 Å². The van der Waals surface area contributed by atoms with E-state index in [4.69, 9.17) is 4.74 Å². The second kappa shape index (κ2) is 9.70. The molecule has 0 saturated carbocycles. The summed E-state index contributed by atoms with van der Waals surface area (Å²) in [5.41, 5.74) is 1.48. The summed E-state index contributed by atoms with van der Waals surface area (Å²) in [6.07, 6.45) is 7.56. The molecule has 7 nitrogen and oxygen atoms in total.